The normalized spacial score (nSPS) is 11.7. The van der Waals surface area contributed by atoms with E-state index >= 15 is 0 Å². The summed E-state index contributed by atoms with van der Waals surface area (Å²) in [6.45, 7) is 5.05. The van der Waals surface area contributed by atoms with Crippen LogP contribution in [0.25, 0.3) is 0 Å². The fourth-order valence-corrected chi connectivity index (χ4v) is 2.37. The minimum absolute atomic E-state index is 0.686. The van der Waals surface area contributed by atoms with Crippen LogP contribution < -0.4 is 0 Å². The molecule has 0 aliphatic carbocycles. The van der Waals surface area contributed by atoms with Gasteiger partial charge in [-0.3, -0.25) is 0 Å². The van der Waals surface area contributed by atoms with Gasteiger partial charge in [0, 0.05) is 0 Å². The van der Waals surface area contributed by atoms with E-state index in [0.717, 1.165) is 19.0 Å². The zero-order valence-electron chi connectivity index (χ0n) is 10.3. The molecule has 0 aliphatic rings. The van der Waals surface area contributed by atoms with Crippen molar-refractivity contribution in [1.82, 2.24) is 0 Å². The highest BCUT2D eigenvalue weighted by Gasteiger charge is 2.15. The van der Waals surface area contributed by atoms with Gasteiger partial charge in [0.05, 0.1) is 0 Å². The molecule has 2 nitrogen and oxygen atoms in total. The maximum absolute atomic E-state index is 11.3. The fourth-order valence-electron chi connectivity index (χ4n) is 1.43. The van der Waals surface area contributed by atoms with Crippen LogP contribution in [-0.4, -0.2) is 12.8 Å². The first kappa shape index (κ1) is 15.1. The van der Waals surface area contributed by atoms with Gasteiger partial charge in [-0.15, -0.1) is 4.52 Å². The first-order valence-corrected chi connectivity index (χ1v) is 7.75. The topological polar surface area (TPSA) is 26.3 Å². The second-order valence-electron chi connectivity index (χ2n) is 4.01. The number of unbranched alkanes of at least 4 members (excludes halogenated alkanes) is 6. The molecule has 1 unspecified atom stereocenters. The highest BCUT2D eigenvalue weighted by Crippen LogP contribution is 2.24. The van der Waals surface area contributed by atoms with Crippen LogP contribution in [0.1, 0.15) is 65.2 Å². The smallest absolute Gasteiger partial charge is 0.146 e. The van der Waals surface area contributed by atoms with Crippen molar-refractivity contribution < 1.29 is 9.09 Å². The molecular weight excluding hydrogens is 207 g/mol. The standard InChI is InChI=1S/C12H26O2P/c1-3-5-7-8-9-11-14-15(13)12-10-6-4-2/h3-12H2,1-2H3/q+1. The van der Waals surface area contributed by atoms with E-state index in [4.69, 9.17) is 4.52 Å². The van der Waals surface area contributed by atoms with Crippen LogP contribution in [-0.2, 0) is 9.09 Å². The van der Waals surface area contributed by atoms with Crippen molar-refractivity contribution in [3.05, 3.63) is 0 Å². The quantitative estimate of drug-likeness (QED) is 0.374. The highest BCUT2D eigenvalue weighted by atomic mass is 31.1. The summed E-state index contributed by atoms with van der Waals surface area (Å²) in [7, 11) is -1.37. The predicted octanol–water partition coefficient (Wildman–Crippen LogP) is 4.91. The molecule has 0 rings (SSSR count). The van der Waals surface area contributed by atoms with Gasteiger partial charge < -0.3 is 0 Å². The second-order valence-corrected chi connectivity index (χ2v) is 5.38. The maximum atomic E-state index is 11.3. The summed E-state index contributed by atoms with van der Waals surface area (Å²) in [6, 6.07) is 0. The van der Waals surface area contributed by atoms with Gasteiger partial charge in [-0.2, -0.15) is 0 Å². The molecule has 0 N–H and O–H groups in total. The predicted molar refractivity (Wildman–Crippen MR) is 66.7 cm³/mol. The SMILES string of the molecule is CCCCCCCO[P+](=O)CCCCC. The molecule has 0 amide bonds. The van der Waals surface area contributed by atoms with Crippen molar-refractivity contribution in [2.75, 3.05) is 12.8 Å². The van der Waals surface area contributed by atoms with Crippen LogP contribution in [0.4, 0.5) is 0 Å². The first-order chi connectivity index (χ1) is 7.31. The van der Waals surface area contributed by atoms with Crippen LogP contribution in [0.5, 0.6) is 0 Å². The van der Waals surface area contributed by atoms with Gasteiger partial charge in [0.25, 0.3) is 0 Å². The van der Waals surface area contributed by atoms with Crippen LogP contribution in [0.15, 0.2) is 0 Å². The molecule has 0 bridgehead atoms. The largest absolute Gasteiger partial charge is 0.508 e. The lowest BCUT2D eigenvalue weighted by molar-refractivity contribution is 0.315. The van der Waals surface area contributed by atoms with Gasteiger partial charge in [-0.05, 0) is 23.8 Å². The zero-order chi connectivity index (χ0) is 11.4. The lowest BCUT2D eigenvalue weighted by Gasteiger charge is -1.95. The van der Waals surface area contributed by atoms with Crippen molar-refractivity contribution in [3.63, 3.8) is 0 Å². The fraction of sp³-hybridized carbons (Fsp3) is 1.00. The third kappa shape index (κ3) is 12.0. The molecule has 0 aromatic carbocycles. The number of rotatable bonds is 11. The van der Waals surface area contributed by atoms with Crippen LogP contribution in [0.3, 0.4) is 0 Å². The first-order valence-electron chi connectivity index (χ1n) is 6.38. The Morgan fingerprint density at radius 3 is 2.13 bits per heavy atom. The Bertz CT molecular complexity index is 149. The van der Waals surface area contributed by atoms with Crippen molar-refractivity contribution in [1.29, 1.82) is 0 Å². The van der Waals surface area contributed by atoms with Gasteiger partial charge in [-0.25, -0.2) is 0 Å². The molecule has 0 spiro atoms. The summed E-state index contributed by atoms with van der Waals surface area (Å²) in [5.74, 6) is 0. The third-order valence-corrected chi connectivity index (χ3v) is 3.58. The summed E-state index contributed by atoms with van der Waals surface area (Å²) in [6.07, 6.45) is 10.3. The molecule has 0 radical (unpaired) electrons. The van der Waals surface area contributed by atoms with Gasteiger partial charge in [0.2, 0.25) is 0 Å². The minimum atomic E-state index is -1.37. The molecule has 0 heterocycles. The average molecular weight is 233 g/mol. The number of hydrogen-bond acceptors (Lipinski definition) is 2. The van der Waals surface area contributed by atoms with Crippen LogP contribution in [0, 0.1) is 0 Å². The molecule has 0 saturated heterocycles. The Morgan fingerprint density at radius 2 is 1.47 bits per heavy atom. The Hall–Kier alpha value is 0.0600. The average Bonchev–Trinajstić information content (AvgIpc) is 2.23. The van der Waals surface area contributed by atoms with E-state index in [-0.39, 0.29) is 0 Å². The van der Waals surface area contributed by atoms with Gasteiger partial charge in [-0.1, -0.05) is 46.0 Å². The summed E-state index contributed by atoms with van der Waals surface area (Å²) in [5.41, 5.74) is 0. The molecule has 1 atom stereocenters. The van der Waals surface area contributed by atoms with E-state index in [2.05, 4.69) is 13.8 Å². The number of hydrogen-bond donors (Lipinski definition) is 0. The molecule has 0 fully saturated rings. The van der Waals surface area contributed by atoms with E-state index in [1.807, 2.05) is 0 Å². The van der Waals surface area contributed by atoms with Crippen LogP contribution in [0.2, 0.25) is 0 Å². The molecule has 90 valence electrons. The highest BCUT2D eigenvalue weighted by molar-refractivity contribution is 7.39. The molecular formula is C12H26O2P+. The van der Waals surface area contributed by atoms with E-state index < -0.39 is 8.03 Å². The summed E-state index contributed by atoms with van der Waals surface area (Å²) >= 11 is 0. The van der Waals surface area contributed by atoms with Gasteiger partial charge in [0.15, 0.2) is 6.16 Å². The lowest BCUT2D eigenvalue weighted by atomic mass is 10.2. The lowest BCUT2D eigenvalue weighted by Crippen LogP contribution is -1.89. The van der Waals surface area contributed by atoms with Gasteiger partial charge in [0.1, 0.15) is 6.61 Å². The molecule has 3 heteroatoms. The van der Waals surface area contributed by atoms with Crippen molar-refractivity contribution in [2.45, 2.75) is 65.2 Å². The molecule has 0 aromatic heterocycles. The molecule has 15 heavy (non-hydrogen) atoms. The zero-order valence-corrected chi connectivity index (χ0v) is 11.2. The molecule has 0 saturated carbocycles. The Morgan fingerprint density at radius 1 is 0.867 bits per heavy atom. The van der Waals surface area contributed by atoms with Crippen molar-refractivity contribution >= 4 is 8.03 Å². The van der Waals surface area contributed by atoms with Crippen molar-refractivity contribution in [3.8, 4) is 0 Å². The second kappa shape index (κ2) is 12.1. The summed E-state index contributed by atoms with van der Waals surface area (Å²) < 4.78 is 16.6. The summed E-state index contributed by atoms with van der Waals surface area (Å²) in [5, 5.41) is 0. The van der Waals surface area contributed by atoms with E-state index in [1.54, 1.807) is 0 Å². The minimum Gasteiger partial charge on any atom is -0.146 e. The third-order valence-electron chi connectivity index (χ3n) is 2.43. The summed E-state index contributed by atoms with van der Waals surface area (Å²) in [4.78, 5) is 0. The van der Waals surface area contributed by atoms with E-state index in [0.29, 0.717) is 6.61 Å². The Kier molecular flexibility index (Phi) is 12.2. The van der Waals surface area contributed by atoms with E-state index in [9.17, 15) is 4.57 Å². The molecule has 0 aliphatic heterocycles. The van der Waals surface area contributed by atoms with Gasteiger partial charge >= 0.3 is 8.03 Å². The Labute approximate surface area is 95.7 Å². The maximum Gasteiger partial charge on any atom is 0.508 e. The Balaban J connectivity index is 3.10. The monoisotopic (exact) mass is 233 g/mol. The molecule has 0 aromatic rings. The van der Waals surface area contributed by atoms with E-state index in [1.165, 1.54) is 38.5 Å². The van der Waals surface area contributed by atoms with Crippen molar-refractivity contribution in [2.24, 2.45) is 0 Å². The van der Waals surface area contributed by atoms with Crippen LogP contribution >= 0.6 is 8.03 Å².